The number of aromatic nitrogens is 1. The fraction of sp³-hybridized carbons (Fsp3) is 0.267. The standard InChI is InChI=1S/C30H32N6O2/c1-34-17-25(16-32)24-15-26(29(33)35-18-24)30(37)36-27-3-2-4-28(27)38-19-21-7-11-23(12-8-21)22-9-5-20(6-10-22)13-14-31/h5-12,15-18,27-28H,2-4,13,19,32H2,1H3,(H2,33,35)(H,36,37)/t27?,28-/m0/s1. The van der Waals surface area contributed by atoms with Crippen molar-refractivity contribution in [2.45, 2.75) is 44.4 Å². The normalized spacial score (nSPS) is 17.4. The van der Waals surface area contributed by atoms with Gasteiger partial charge in [-0.1, -0.05) is 48.5 Å². The number of nitriles is 1. The number of nitrogen functional groups attached to an aromatic ring is 1. The van der Waals surface area contributed by atoms with Crippen molar-refractivity contribution >= 4 is 23.5 Å². The Balaban J connectivity index is 1.36. The van der Waals surface area contributed by atoms with E-state index in [1.807, 2.05) is 24.3 Å². The maximum absolute atomic E-state index is 13.1. The number of amides is 1. The molecule has 4 rings (SSSR count). The molecule has 3 aromatic rings. The zero-order valence-corrected chi connectivity index (χ0v) is 21.4. The van der Waals surface area contributed by atoms with E-state index in [9.17, 15) is 4.79 Å². The molecule has 1 heterocycles. The molecule has 1 saturated carbocycles. The first-order valence-electron chi connectivity index (χ1n) is 12.6. The molecule has 8 heteroatoms. The van der Waals surface area contributed by atoms with Crippen LogP contribution in [0.3, 0.4) is 0 Å². The topological polar surface area (TPSA) is 139 Å². The van der Waals surface area contributed by atoms with E-state index < -0.39 is 0 Å². The molecule has 0 aliphatic heterocycles. The summed E-state index contributed by atoms with van der Waals surface area (Å²) >= 11 is 0. The summed E-state index contributed by atoms with van der Waals surface area (Å²) in [6, 6.07) is 20.0. The summed E-state index contributed by atoms with van der Waals surface area (Å²) in [6.07, 6.45) is 7.60. The molecule has 194 valence electrons. The van der Waals surface area contributed by atoms with Gasteiger partial charge in [-0.15, -0.1) is 0 Å². The highest BCUT2D eigenvalue weighted by atomic mass is 16.5. The van der Waals surface area contributed by atoms with Crippen molar-refractivity contribution < 1.29 is 9.53 Å². The minimum absolute atomic E-state index is 0.0876. The lowest BCUT2D eigenvalue weighted by Gasteiger charge is -2.22. The van der Waals surface area contributed by atoms with Crippen LogP contribution in [0.1, 0.15) is 46.3 Å². The van der Waals surface area contributed by atoms with Crippen LogP contribution in [-0.4, -0.2) is 36.3 Å². The Morgan fingerprint density at radius 1 is 1.16 bits per heavy atom. The number of hydrogen-bond donors (Lipinski definition) is 3. The second kappa shape index (κ2) is 12.7. The van der Waals surface area contributed by atoms with Gasteiger partial charge in [0.15, 0.2) is 0 Å². The molecule has 1 unspecified atom stereocenters. The number of anilines is 1. The van der Waals surface area contributed by atoms with E-state index in [-0.39, 0.29) is 23.9 Å². The molecule has 5 N–H and O–H groups in total. The van der Waals surface area contributed by atoms with Gasteiger partial charge in [0.1, 0.15) is 5.82 Å². The van der Waals surface area contributed by atoms with Crippen molar-refractivity contribution in [1.82, 2.24) is 10.3 Å². The van der Waals surface area contributed by atoms with Crippen LogP contribution < -0.4 is 16.8 Å². The number of allylic oxidation sites excluding steroid dienone is 1. The number of ether oxygens (including phenoxy) is 1. The van der Waals surface area contributed by atoms with Gasteiger partial charge in [0.2, 0.25) is 0 Å². The lowest BCUT2D eigenvalue weighted by Crippen LogP contribution is -2.41. The number of rotatable bonds is 9. The second-order valence-corrected chi connectivity index (χ2v) is 9.26. The van der Waals surface area contributed by atoms with Gasteiger partial charge in [-0.25, -0.2) is 4.98 Å². The lowest BCUT2D eigenvalue weighted by atomic mass is 10.0. The van der Waals surface area contributed by atoms with Crippen LogP contribution in [0.15, 0.2) is 72.0 Å². The molecular weight excluding hydrogens is 476 g/mol. The van der Waals surface area contributed by atoms with Gasteiger partial charge in [-0.05, 0) is 47.6 Å². The first-order chi connectivity index (χ1) is 18.5. The molecule has 0 spiro atoms. The first kappa shape index (κ1) is 26.6. The summed E-state index contributed by atoms with van der Waals surface area (Å²) in [5.41, 5.74) is 17.6. The molecule has 2 atom stereocenters. The Hall–Kier alpha value is -4.48. The van der Waals surface area contributed by atoms with Crippen molar-refractivity contribution in [3.63, 3.8) is 0 Å². The summed E-state index contributed by atoms with van der Waals surface area (Å²) in [6.45, 7) is 0.457. The van der Waals surface area contributed by atoms with Gasteiger partial charge in [0.05, 0.1) is 36.8 Å². The molecule has 2 aromatic carbocycles. The molecule has 0 radical (unpaired) electrons. The highest BCUT2D eigenvalue weighted by molar-refractivity contribution is 6.10. The maximum Gasteiger partial charge on any atom is 0.255 e. The Labute approximate surface area is 223 Å². The summed E-state index contributed by atoms with van der Waals surface area (Å²) in [4.78, 5) is 21.3. The average molecular weight is 509 g/mol. The third kappa shape index (κ3) is 6.44. The number of carbonyl (C=O) groups is 1. The smallest absolute Gasteiger partial charge is 0.255 e. The molecule has 1 aliphatic rings. The van der Waals surface area contributed by atoms with Crippen molar-refractivity contribution in [3.8, 4) is 17.2 Å². The SMILES string of the molecule is CN=CC(=CN)c1cnc(N)c(C(=O)NC2CCC[C@@H]2OCc2ccc(-c3ccc(CC#N)cc3)cc2)c1. The summed E-state index contributed by atoms with van der Waals surface area (Å²) < 4.78 is 6.23. The van der Waals surface area contributed by atoms with Crippen molar-refractivity contribution in [2.24, 2.45) is 10.7 Å². The van der Waals surface area contributed by atoms with Crippen molar-refractivity contribution in [3.05, 3.63) is 89.2 Å². The van der Waals surface area contributed by atoms with Crippen molar-refractivity contribution in [2.75, 3.05) is 12.8 Å². The zero-order valence-electron chi connectivity index (χ0n) is 21.4. The van der Waals surface area contributed by atoms with Crippen LogP contribution in [0.5, 0.6) is 0 Å². The molecule has 1 aliphatic carbocycles. The van der Waals surface area contributed by atoms with Crippen LogP contribution in [0.2, 0.25) is 0 Å². The van der Waals surface area contributed by atoms with Crippen LogP contribution >= 0.6 is 0 Å². The zero-order chi connectivity index (χ0) is 26.9. The average Bonchev–Trinajstić information content (AvgIpc) is 3.38. The molecule has 0 bridgehead atoms. The Bertz CT molecular complexity index is 1360. The number of nitrogens with two attached hydrogens (primary N) is 2. The predicted molar refractivity (Wildman–Crippen MR) is 150 cm³/mol. The molecule has 8 nitrogen and oxygen atoms in total. The van der Waals surface area contributed by atoms with Gasteiger partial charge >= 0.3 is 0 Å². The van der Waals surface area contributed by atoms with Gasteiger partial charge < -0.3 is 21.5 Å². The Morgan fingerprint density at radius 2 is 1.84 bits per heavy atom. The number of benzene rings is 2. The Kier molecular flexibility index (Phi) is 8.85. The summed E-state index contributed by atoms with van der Waals surface area (Å²) in [7, 11) is 1.65. The highest BCUT2D eigenvalue weighted by Gasteiger charge is 2.30. The monoisotopic (exact) mass is 508 g/mol. The number of nitrogens with zero attached hydrogens (tertiary/aromatic N) is 3. The maximum atomic E-state index is 13.1. The fourth-order valence-electron chi connectivity index (χ4n) is 4.61. The van der Waals surface area contributed by atoms with E-state index in [0.717, 1.165) is 41.5 Å². The minimum atomic E-state index is -0.285. The molecule has 1 fully saturated rings. The van der Waals surface area contributed by atoms with E-state index in [1.165, 1.54) is 6.20 Å². The fourth-order valence-corrected chi connectivity index (χ4v) is 4.61. The third-order valence-corrected chi connectivity index (χ3v) is 6.70. The predicted octanol–water partition coefficient (Wildman–Crippen LogP) is 4.26. The Morgan fingerprint density at radius 3 is 2.47 bits per heavy atom. The van der Waals surface area contributed by atoms with E-state index in [0.29, 0.717) is 29.7 Å². The molecule has 0 saturated heterocycles. The number of aliphatic imine (C=N–C) groups is 1. The number of pyridine rings is 1. The van der Waals surface area contributed by atoms with Crippen LogP contribution in [0.25, 0.3) is 16.7 Å². The van der Waals surface area contributed by atoms with E-state index in [2.05, 4.69) is 45.6 Å². The quantitative estimate of drug-likeness (QED) is 0.369. The largest absolute Gasteiger partial charge is 0.404 e. The van der Waals surface area contributed by atoms with E-state index in [1.54, 1.807) is 25.5 Å². The lowest BCUT2D eigenvalue weighted by molar-refractivity contribution is 0.0272. The minimum Gasteiger partial charge on any atom is -0.404 e. The van der Waals surface area contributed by atoms with Gasteiger partial charge in [0.25, 0.3) is 5.91 Å². The molecule has 1 aromatic heterocycles. The van der Waals surface area contributed by atoms with Crippen molar-refractivity contribution in [1.29, 1.82) is 5.26 Å². The summed E-state index contributed by atoms with van der Waals surface area (Å²) in [5, 5.41) is 11.9. The first-order valence-corrected chi connectivity index (χ1v) is 12.6. The molecular formula is C30H32N6O2. The number of nitrogens with one attached hydrogen (secondary N) is 1. The van der Waals surface area contributed by atoms with Gasteiger partial charge in [-0.2, -0.15) is 5.26 Å². The van der Waals surface area contributed by atoms with E-state index >= 15 is 0 Å². The van der Waals surface area contributed by atoms with Crippen LogP contribution in [0, 0.1) is 11.3 Å². The number of hydrogen-bond acceptors (Lipinski definition) is 7. The van der Waals surface area contributed by atoms with Crippen LogP contribution in [0.4, 0.5) is 5.82 Å². The van der Waals surface area contributed by atoms with Gasteiger partial charge in [-0.3, -0.25) is 9.79 Å². The molecule has 1 amide bonds. The second-order valence-electron chi connectivity index (χ2n) is 9.26. The third-order valence-electron chi connectivity index (χ3n) is 6.70. The number of carbonyl (C=O) groups excluding carboxylic acids is 1. The highest BCUT2D eigenvalue weighted by Crippen LogP contribution is 2.26. The summed E-state index contributed by atoms with van der Waals surface area (Å²) in [5.74, 6) is -0.126. The van der Waals surface area contributed by atoms with Gasteiger partial charge in [0, 0.05) is 36.8 Å². The van der Waals surface area contributed by atoms with Crippen LogP contribution in [-0.2, 0) is 17.8 Å². The molecule has 38 heavy (non-hydrogen) atoms. The van der Waals surface area contributed by atoms with E-state index in [4.69, 9.17) is 21.5 Å².